The standard InChI is InChI=1S/C13H18N6/c1-19-9-11(8-16-19)17-13-15-7-4-12(18-13)10-2-5-14-6-3-10/h4,7-10,14H,2-3,5-6H2,1H3,(H,15,17,18). The smallest absolute Gasteiger partial charge is 0.227 e. The molecule has 2 aromatic rings. The van der Waals surface area contributed by atoms with Crippen LogP contribution < -0.4 is 10.6 Å². The van der Waals surface area contributed by atoms with Crippen molar-refractivity contribution in [2.75, 3.05) is 18.4 Å². The maximum Gasteiger partial charge on any atom is 0.227 e. The molecule has 3 rings (SSSR count). The molecule has 1 aliphatic heterocycles. The minimum absolute atomic E-state index is 0.540. The number of anilines is 2. The van der Waals surface area contributed by atoms with Crippen molar-refractivity contribution in [3.05, 3.63) is 30.4 Å². The number of hydrogen-bond acceptors (Lipinski definition) is 5. The van der Waals surface area contributed by atoms with Crippen molar-refractivity contribution >= 4 is 11.6 Å². The molecule has 1 saturated heterocycles. The molecule has 3 heterocycles. The van der Waals surface area contributed by atoms with Gasteiger partial charge in [0.15, 0.2) is 0 Å². The third-order valence-corrected chi connectivity index (χ3v) is 3.40. The number of hydrogen-bond donors (Lipinski definition) is 2. The summed E-state index contributed by atoms with van der Waals surface area (Å²) in [5, 5.41) is 10.7. The van der Waals surface area contributed by atoms with Gasteiger partial charge in [0.2, 0.25) is 5.95 Å². The van der Waals surface area contributed by atoms with Gasteiger partial charge in [0, 0.05) is 31.1 Å². The lowest BCUT2D eigenvalue weighted by Gasteiger charge is -2.22. The molecule has 0 unspecified atom stereocenters. The fourth-order valence-corrected chi connectivity index (χ4v) is 2.39. The molecule has 1 aliphatic rings. The molecule has 0 saturated carbocycles. The quantitative estimate of drug-likeness (QED) is 0.871. The maximum atomic E-state index is 4.61. The van der Waals surface area contributed by atoms with Gasteiger partial charge in [0.25, 0.3) is 0 Å². The first-order valence-electron chi connectivity index (χ1n) is 6.60. The van der Waals surface area contributed by atoms with E-state index in [-0.39, 0.29) is 0 Å². The second-order valence-corrected chi connectivity index (χ2v) is 4.86. The maximum absolute atomic E-state index is 4.61. The zero-order valence-corrected chi connectivity index (χ0v) is 11.0. The summed E-state index contributed by atoms with van der Waals surface area (Å²) in [6, 6.07) is 2.02. The summed E-state index contributed by atoms with van der Waals surface area (Å²) in [5.41, 5.74) is 2.04. The zero-order valence-electron chi connectivity index (χ0n) is 11.0. The van der Waals surface area contributed by atoms with Gasteiger partial charge < -0.3 is 10.6 Å². The van der Waals surface area contributed by atoms with E-state index in [9.17, 15) is 0 Å². The average molecular weight is 258 g/mol. The number of nitrogens with zero attached hydrogens (tertiary/aromatic N) is 4. The summed E-state index contributed by atoms with van der Waals surface area (Å²) < 4.78 is 1.75. The SMILES string of the molecule is Cn1cc(Nc2nccc(C3CCNCC3)n2)cn1. The van der Waals surface area contributed by atoms with Crippen LogP contribution in [0.5, 0.6) is 0 Å². The first kappa shape index (κ1) is 12.1. The van der Waals surface area contributed by atoms with E-state index in [0.29, 0.717) is 11.9 Å². The van der Waals surface area contributed by atoms with Crippen molar-refractivity contribution in [1.29, 1.82) is 0 Å². The molecule has 2 N–H and O–H groups in total. The number of piperidine rings is 1. The predicted molar refractivity (Wildman–Crippen MR) is 73.4 cm³/mol. The Morgan fingerprint density at radius 3 is 2.95 bits per heavy atom. The highest BCUT2D eigenvalue weighted by molar-refractivity contribution is 5.50. The van der Waals surface area contributed by atoms with Gasteiger partial charge in [0.1, 0.15) is 0 Å². The Hall–Kier alpha value is -1.95. The predicted octanol–water partition coefficient (Wildman–Crippen LogP) is 1.42. The van der Waals surface area contributed by atoms with Gasteiger partial charge in [-0.2, -0.15) is 5.10 Å². The van der Waals surface area contributed by atoms with Crippen LogP contribution in [0.2, 0.25) is 0 Å². The molecule has 0 spiro atoms. The fraction of sp³-hybridized carbons (Fsp3) is 0.462. The number of aryl methyl sites for hydroxylation is 1. The monoisotopic (exact) mass is 258 g/mol. The molecular weight excluding hydrogens is 240 g/mol. The summed E-state index contributed by atoms with van der Waals surface area (Å²) in [4.78, 5) is 8.88. The van der Waals surface area contributed by atoms with Crippen LogP contribution in [0.25, 0.3) is 0 Å². The number of rotatable bonds is 3. The number of aromatic nitrogens is 4. The molecule has 0 aromatic carbocycles. The molecule has 1 fully saturated rings. The van der Waals surface area contributed by atoms with Crippen molar-refractivity contribution in [3.63, 3.8) is 0 Å². The largest absolute Gasteiger partial charge is 0.321 e. The molecule has 6 heteroatoms. The Morgan fingerprint density at radius 2 is 2.21 bits per heavy atom. The van der Waals surface area contributed by atoms with Gasteiger partial charge in [0.05, 0.1) is 11.9 Å². The van der Waals surface area contributed by atoms with E-state index in [4.69, 9.17) is 0 Å². The lowest BCUT2D eigenvalue weighted by molar-refractivity contribution is 0.453. The highest BCUT2D eigenvalue weighted by Crippen LogP contribution is 2.24. The molecule has 2 aromatic heterocycles. The molecule has 0 radical (unpaired) electrons. The van der Waals surface area contributed by atoms with Gasteiger partial charge in [-0.15, -0.1) is 0 Å². The normalized spacial score (nSPS) is 16.5. The van der Waals surface area contributed by atoms with Crippen LogP contribution in [-0.4, -0.2) is 32.8 Å². The summed E-state index contributed by atoms with van der Waals surface area (Å²) >= 11 is 0. The van der Waals surface area contributed by atoms with Crippen LogP contribution in [-0.2, 0) is 7.05 Å². The molecule has 6 nitrogen and oxygen atoms in total. The Balaban J connectivity index is 1.75. The summed E-state index contributed by atoms with van der Waals surface area (Å²) in [5.74, 6) is 1.18. The summed E-state index contributed by atoms with van der Waals surface area (Å²) in [6.07, 6.45) is 7.77. The molecule has 0 bridgehead atoms. The van der Waals surface area contributed by atoms with Crippen LogP contribution in [0.15, 0.2) is 24.7 Å². The van der Waals surface area contributed by atoms with E-state index in [0.717, 1.165) is 37.3 Å². The van der Waals surface area contributed by atoms with E-state index >= 15 is 0 Å². The molecular formula is C13H18N6. The van der Waals surface area contributed by atoms with Gasteiger partial charge in [-0.05, 0) is 32.0 Å². The lowest BCUT2D eigenvalue weighted by Crippen LogP contribution is -2.27. The topological polar surface area (TPSA) is 67.7 Å². The fourth-order valence-electron chi connectivity index (χ4n) is 2.39. The summed E-state index contributed by atoms with van der Waals surface area (Å²) in [6.45, 7) is 2.14. The van der Waals surface area contributed by atoms with Gasteiger partial charge in [-0.3, -0.25) is 4.68 Å². The minimum atomic E-state index is 0.540. The van der Waals surface area contributed by atoms with Gasteiger partial charge in [-0.1, -0.05) is 0 Å². The van der Waals surface area contributed by atoms with Crippen molar-refractivity contribution in [2.24, 2.45) is 7.05 Å². The lowest BCUT2D eigenvalue weighted by atomic mass is 9.94. The van der Waals surface area contributed by atoms with Crippen LogP contribution in [0, 0.1) is 0 Å². The molecule has 19 heavy (non-hydrogen) atoms. The van der Waals surface area contributed by atoms with Crippen LogP contribution in [0.1, 0.15) is 24.5 Å². The van der Waals surface area contributed by atoms with Crippen molar-refractivity contribution in [2.45, 2.75) is 18.8 Å². The Bertz CT molecular complexity index is 544. The molecule has 0 amide bonds. The van der Waals surface area contributed by atoms with Gasteiger partial charge in [-0.25, -0.2) is 9.97 Å². The highest BCUT2D eigenvalue weighted by Gasteiger charge is 2.16. The van der Waals surface area contributed by atoms with Crippen molar-refractivity contribution in [3.8, 4) is 0 Å². The zero-order chi connectivity index (χ0) is 13.1. The van der Waals surface area contributed by atoms with Crippen LogP contribution >= 0.6 is 0 Å². The number of nitrogens with one attached hydrogen (secondary N) is 2. The third kappa shape index (κ3) is 2.90. The second-order valence-electron chi connectivity index (χ2n) is 4.86. The molecule has 0 atom stereocenters. The van der Waals surface area contributed by atoms with E-state index in [2.05, 4.69) is 25.7 Å². The molecule has 0 aliphatic carbocycles. The van der Waals surface area contributed by atoms with Crippen molar-refractivity contribution < 1.29 is 0 Å². The Labute approximate surface area is 112 Å². The highest BCUT2D eigenvalue weighted by atomic mass is 15.3. The summed E-state index contributed by atoms with van der Waals surface area (Å²) in [7, 11) is 1.89. The van der Waals surface area contributed by atoms with Gasteiger partial charge >= 0.3 is 0 Å². The first-order valence-corrected chi connectivity index (χ1v) is 6.60. The minimum Gasteiger partial charge on any atom is -0.321 e. The first-order chi connectivity index (χ1) is 9.31. The average Bonchev–Trinajstić information content (AvgIpc) is 2.85. The van der Waals surface area contributed by atoms with Crippen LogP contribution in [0.4, 0.5) is 11.6 Å². The Kier molecular flexibility index (Phi) is 3.41. The molecule has 100 valence electrons. The third-order valence-electron chi connectivity index (χ3n) is 3.40. The van der Waals surface area contributed by atoms with E-state index in [1.807, 2.05) is 25.5 Å². The van der Waals surface area contributed by atoms with E-state index in [1.165, 1.54) is 0 Å². The van der Waals surface area contributed by atoms with Crippen molar-refractivity contribution in [1.82, 2.24) is 25.1 Å². The van der Waals surface area contributed by atoms with E-state index < -0.39 is 0 Å². The Morgan fingerprint density at radius 1 is 1.37 bits per heavy atom. The van der Waals surface area contributed by atoms with E-state index in [1.54, 1.807) is 10.9 Å². The second kappa shape index (κ2) is 5.36. The van der Waals surface area contributed by atoms with Crippen LogP contribution in [0.3, 0.4) is 0 Å².